The molecule has 0 spiro atoms. The van der Waals surface area contributed by atoms with Gasteiger partial charge in [-0.25, -0.2) is 17.2 Å². The number of carboxylic acid groups (broad SMARTS) is 1. The number of aromatic nitrogens is 4. The summed E-state index contributed by atoms with van der Waals surface area (Å²) in [4.78, 5) is 53.2. The maximum atomic E-state index is 13.3. The zero-order valence-corrected chi connectivity index (χ0v) is 37.9. The monoisotopic (exact) mass is 902 g/mol. The number of fused-ring (bicyclic) bond motifs is 2. The van der Waals surface area contributed by atoms with E-state index in [1.807, 2.05) is 33.0 Å². The Kier molecular flexibility index (Phi) is 14.8. The summed E-state index contributed by atoms with van der Waals surface area (Å²) in [6, 6.07) is 12.8. The minimum Gasteiger partial charge on any atom is -0.481 e. The summed E-state index contributed by atoms with van der Waals surface area (Å²) in [5.74, 6) is -1.52. The van der Waals surface area contributed by atoms with E-state index in [9.17, 15) is 36.4 Å². The fourth-order valence-corrected chi connectivity index (χ4v) is 10.7. The van der Waals surface area contributed by atoms with E-state index < -0.39 is 15.8 Å². The number of sulfone groups is 1. The Balaban J connectivity index is 0.000000193. The zero-order valence-electron chi connectivity index (χ0n) is 37.1. The van der Waals surface area contributed by atoms with Crippen molar-refractivity contribution in [2.75, 3.05) is 25.1 Å². The molecular formula is C48H60F2N6O7S. The molecule has 2 amide bonds. The van der Waals surface area contributed by atoms with Crippen LogP contribution < -0.4 is 0 Å². The topological polar surface area (TPSA) is 165 Å². The number of carbonyl (C=O) groups excluding carboxylic acids is 3. The first-order valence-electron chi connectivity index (χ1n) is 22.6. The van der Waals surface area contributed by atoms with Crippen molar-refractivity contribution in [1.29, 1.82) is 0 Å². The molecule has 4 aliphatic rings. The molecule has 0 unspecified atom stereocenters. The first-order chi connectivity index (χ1) is 30.5. The fraction of sp³-hybridized carbons (Fsp3) is 0.542. The molecule has 344 valence electrons. The van der Waals surface area contributed by atoms with Crippen molar-refractivity contribution in [2.45, 2.75) is 117 Å². The van der Waals surface area contributed by atoms with Gasteiger partial charge in [-0.2, -0.15) is 10.2 Å². The molecule has 1 N–H and O–H groups in total. The lowest BCUT2D eigenvalue weighted by molar-refractivity contribution is -0.143. The minimum atomic E-state index is -3.30. The highest BCUT2D eigenvalue weighted by atomic mass is 32.2. The largest absolute Gasteiger partial charge is 0.481 e. The number of hydrogen-bond donors (Lipinski definition) is 1. The highest BCUT2D eigenvalue weighted by Gasteiger charge is 2.33. The van der Waals surface area contributed by atoms with Gasteiger partial charge < -0.3 is 14.9 Å². The van der Waals surface area contributed by atoms with Crippen molar-refractivity contribution in [2.24, 2.45) is 23.7 Å². The third-order valence-electron chi connectivity index (χ3n) is 13.7. The number of carbonyl (C=O) groups is 4. The summed E-state index contributed by atoms with van der Waals surface area (Å²) in [6.07, 6.45) is 9.39. The van der Waals surface area contributed by atoms with E-state index in [4.69, 9.17) is 5.11 Å². The number of benzene rings is 2. The molecule has 2 saturated carbocycles. The number of carboxylic acids is 1. The smallest absolute Gasteiger partial charge is 0.306 e. The third-order valence-corrected chi connectivity index (χ3v) is 14.5. The first kappa shape index (κ1) is 46.7. The van der Waals surface area contributed by atoms with Crippen molar-refractivity contribution in [1.82, 2.24) is 29.4 Å². The number of aryl methyl sites for hydroxylation is 2. The standard InChI is InChI=1S/C25H32FN3O4S.C23H28FN3O3/c1-17-22-11-12-28(15-23(22)29(27-17)14-19-5-9-21(26)10-6-19)25(31)13-18-3-7-20(8-4-18)24(30)16-34(2,32)33;1-15-20-10-11-26(22(28)12-16-2-6-18(7-3-16)23(29)30)14-21(20)27(25-15)13-17-4-8-19(24)9-5-17/h5-6,9-10,18,20H,3-4,7-8,11-16H2,1-2H3;4-5,8-9,16,18H,2-3,6-7,10-14H2,1H3,(H,29,30). The van der Waals surface area contributed by atoms with Crippen molar-refractivity contribution >= 4 is 33.4 Å². The molecule has 0 bridgehead atoms. The van der Waals surface area contributed by atoms with Crippen LogP contribution in [0.4, 0.5) is 8.78 Å². The Hall–Kier alpha value is -5.25. The Bertz CT molecular complexity index is 2430. The van der Waals surface area contributed by atoms with Crippen LogP contribution in [0.15, 0.2) is 48.5 Å². The molecule has 4 aromatic rings. The normalized spacial score (nSPS) is 21.0. The number of hydrogen-bond acceptors (Lipinski definition) is 8. The molecule has 13 nitrogen and oxygen atoms in total. The lowest BCUT2D eigenvalue weighted by Crippen LogP contribution is -2.38. The van der Waals surface area contributed by atoms with Gasteiger partial charge in [0.2, 0.25) is 11.8 Å². The molecule has 4 heterocycles. The second kappa shape index (κ2) is 20.3. The summed E-state index contributed by atoms with van der Waals surface area (Å²) < 4.78 is 53.1. The molecule has 2 aromatic heterocycles. The van der Waals surface area contributed by atoms with Gasteiger partial charge >= 0.3 is 5.97 Å². The summed E-state index contributed by atoms with van der Waals surface area (Å²) >= 11 is 0. The Morgan fingerprint density at radius 1 is 0.641 bits per heavy atom. The van der Waals surface area contributed by atoms with Gasteiger partial charge in [0.15, 0.2) is 15.6 Å². The van der Waals surface area contributed by atoms with Gasteiger partial charge in [0.1, 0.15) is 17.4 Å². The quantitative estimate of drug-likeness (QED) is 0.165. The average molecular weight is 903 g/mol. The number of ketones is 1. The van der Waals surface area contributed by atoms with E-state index in [2.05, 4.69) is 10.2 Å². The second-order valence-corrected chi connectivity index (χ2v) is 20.6. The average Bonchev–Trinajstić information content (AvgIpc) is 3.75. The molecular weight excluding hydrogens is 843 g/mol. The number of halogens is 2. The summed E-state index contributed by atoms with van der Waals surface area (Å²) in [6.45, 7) is 7.48. The van der Waals surface area contributed by atoms with Crippen molar-refractivity contribution < 1.29 is 41.5 Å². The number of rotatable bonds is 12. The third kappa shape index (κ3) is 11.9. The van der Waals surface area contributed by atoms with Crippen LogP contribution >= 0.6 is 0 Å². The number of aliphatic carboxylic acids is 1. The van der Waals surface area contributed by atoms with E-state index in [0.717, 1.165) is 78.7 Å². The van der Waals surface area contributed by atoms with Gasteiger partial charge in [-0.15, -0.1) is 0 Å². The van der Waals surface area contributed by atoms with Crippen LogP contribution in [0.3, 0.4) is 0 Å². The summed E-state index contributed by atoms with van der Waals surface area (Å²) in [5.41, 5.74) is 8.40. The van der Waals surface area contributed by atoms with E-state index in [0.29, 0.717) is 77.8 Å². The first-order valence-corrected chi connectivity index (χ1v) is 24.6. The van der Waals surface area contributed by atoms with Crippen LogP contribution in [0, 0.1) is 49.2 Å². The molecule has 16 heteroatoms. The number of amides is 2. The number of Topliss-reactive ketones (excluding diaryl/α,β-unsaturated/α-hetero) is 1. The maximum absolute atomic E-state index is 13.3. The molecule has 2 fully saturated rings. The lowest BCUT2D eigenvalue weighted by atomic mass is 9.79. The molecule has 2 aliphatic heterocycles. The molecule has 0 atom stereocenters. The van der Waals surface area contributed by atoms with Gasteiger partial charge in [-0.05, 0) is 136 Å². The van der Waals surface area contributed by atoms with E-state index in [1.54, 1.807) is 24.3 Å². The fourth-order valence-electron chi connectivity index (χ4n) is 9.99. The number of nitrogens with zero attached hydrogens (tertiary/aromatic N) is 6. The van der Waals surface area contributed by atoms with Crippen molar-refractivity contribution in [3.8, 4) is 0 Å². The van der Waals surface area contributed by atoms with E-state index in [-0.39, 0.29) is 58.7 Å². The minimum absolute atomic E-state index is 0.115. The van der Waals surface area contributed by atoms with Gasteiger partial charge in [0, 0.05) is 38.1 Å². The van der Waals surface area contributed by atoms with Gasteiger partial charge in [0.25, 0.3) is 0 Å². The van der Waals surface area contributed by atoms with E-state index >= 15 is 0 Å². The molecule has 0 saturated heterocycles. The summed E-state index contributed by atoms with van der Waals surface area (Å²) in [7, 11) is -3.30. The predicted molar refractivity (Wildman–Crippen MR) is 236 cm³/mol. The molecule has 8 rings (SSSR count). The Morgan fingerprint density at radius 3 is 1.41 bits per heavy atom. The summed E-state index contributed by atoms with van der Waals surface area (Å²) in [5, 5.41) is 18.5. The zero-order chi connectivity index (χ0) is 45.7. The highest BCUT2D eigenvalue weighted by Crippen LogP contribution is 2.34. The highest BCUT2D eigenvalue weighted by molar-refractivity contribution is 7.91. The van der Waals surface area contributed by atoms with Gasteiger partial charge in [-0.1, -0.05) is 24.3 Å². The van der Waals surface area contributed by atoms with Crippen molar-refractivity contribution in [3.63, 3.8) is 0 Å². The Morgan fingerprint density at radius 2 is 1.03 bits per heavy atom. The van der Waals surface area contributed by atoms with E-state index in [1.165, 1.54) is 35.4 Å². The van der Waals surface area contributed by atoms with Crippen molar-refractivity contribution in [3.05, 3.63) is 105 Å². The maximum Gasteiger partial charge on any atom is 0.306 e. The van der Waals surface area contributed by atoms with Gasteiger partial charge in [0.05, 0.1) is 54.9 Å². The van der Waals surface area contributed by atoms with Crippen LogP contribution in [0.5, 0.6) is 0 Å². The predicted octanol–water partition coefficient (Wildman–Crippen LogP) is 6.62. The molecule has 2 aliphatic carbocycles. The van der Waals surface area contributed by atoms with Crippen LogP contribution in [0.1, 0.15) is 109 Å². The SMILES string of the molecule is Cc1nn(Cc2ccc(F)cc2)c2c1CCN(C(=O)CC1CCC(C(=O)CS(C)(=O)=O)CC1)C2.Cc1nn(Cc2ccc(F)cc2)c2c1CCN(C(=O)CC1CCC(C(=O)O)CC1)C2. The molecule has 0 radical (unpaired) electrons. The Labute approximate surface area is 374 Å². The lowest BCUT2D eigenvalue weighted by Gasteiger charge is -2.32. The molecule has 64 heavy (non-hydrogen) atoms. The van der Waals surface area contributed by atoms with Gasteiger partial charge in [-0.3, -0.25) is 28.5 Å². The second-order valence-electron chi connectivity index (χ2n) is 18.4. The van der Waals surface area contributed by atoms with Crippen LogP contribution in [0.25, 0.3) is 0 Å². The molecule has 2 aromatic carbocycles. The van der Waals surface area contributed by atoms with Crippen LogP contribution in [0.2, 0.25) is 0 Å². The van der Waals surface area contributed by atoms with Crippen LogP contribution in [-0.2, 0) is 68.0 Å². The van der Waals surface area contributed by atoms with Crippen LogP contribution in [-0.4, -0.2) is 91.6 Å².